The molecule has 1 N–H and O–H groups in total. The zero-order chi connectivity index (χ0) is 22.5. The van der Waals surface area contributed by atoms with E-state index in [2.05, 4.69) is 0 Å². The van der Waals surface area contributed by atoms with Gasteiger partial charge in [-0.15, -0.1) is 0 Å². The molecule has 0 bridgehead atoms. The van der Waals surface area contributed by atoms with Crippen LogP contribution in [0.2, 0.25) is 0 Å². The van der Waals surface area contributed by atoms with Crippen molar-refractivity contribution in [1.82, 2.24) is 9.80 Å². The average Bonchev–Trinajstić information content (AvgIpc) is 3.37. The molecule has 8 nitrogen and oxygen atoms in total. The van der Waals surface area contributed by atoms with Crippen molar-refractivity contribution in [3.8, 4) is 0 Å². The van der Waals surface area contributed by atoms with E-state index in [1.807, 2.05) is 19.0 Å². The molecule has 1 atom stereocenters. The first-order valence-corrected chi connectivity index (χ1v) is 9.66. The summed E-state index contributed by atoms with van der Waals surface area (Å²) in [6, 6.07) is 9.01. The van der Waals surface area contributed by atoms with E-state index in [0.717, 1.165) is 0 Å². The molecule has 0 saturated carbocycles. The second kappa shape index (κ2) is 9.44. The summed E-state index contributed by atoms with van der Waals surface area (Å²) in [5.41, 5.74) is 0.921. The number of hydrogen-bond donors (Lipinski definition) is 1. The van der Waals surface area contributed by atoms with Crippen LogP contribution in [0.1, 0.15) is 27.7 Å². The molecule has 162 valence electrons. The summed E-state index contributed by atoms with van der Waals surface area (Å²) in [6.07, 6.45) is 4.23. The SMILES string of the molecule is COC(=O)c1ccc(C2C(C(=O)/C=C/c3ccco3)=C(O)C(=O)N2CCN(C)C)cc1. The largest absolute Gasteiger partial charge is 0.503 e. The number of ether oxygens (including phenoxy) is 1. The average molecular weight is 424 g/mol. The second-order valence-electron chi connectivity index (χ2n) is 7.29. The molecule has 8 heteroatoms. The Kier molecular flexibility index (Phi) is 6.71. The fourth-order valence-corrected chi connectivity index (χ4v) is 3.34. The lowest BCUT2D eigenvalue weighted by molar-refractivity contribution is -0.129. The molecule has 2 aromatic rings. The van der Waals surface area contributed by atoms with Crippen LogP contribution in [0, 0.1) is 0 Å². The van der Waals surface area contributed by atoms with Crippen LogP contribution >= 0.6 is 0 Å². The zero-order valence-electron chi connectivity index (χ0n) is 17.6. The standard InChI is InChI=1S/C23H24N2O6/c1-24(2)12-13-25-20(15-6-8-16(9-7-15)23(29)30-3)19(21(27)22(25)28)18(26)11-10-17-5-4-14-31-17/h4-11,14,20,27H,12-13H2,1-3H3/b11-10+. The zero-order valence-corrected chi connectivity index (χ0v) is 17.6. The minimum Gasteiger partial charge on any atom is -0.503 e. The molecule has 31 heavy (non-hydrogen) atoms. The van der Waals surface area contributed by atoms with Crippen LogP contribution in [0.4, 0.5) is 0 Å². The van der Waals surface area contributed by atoms with Gasteiger partial charge in [-0.25, -0.2) is 4.79 Å². The first-order valence-electron chi connectivity index (χ1n) is 9.66. The van der Waals surface area contributed by atoms with Crippen LogP contribution in [0.25, 0.3) is 6.08 Å². The van der Waals surface area contributed by atoms with Crippen LogP contribution in [0.5, 0.6) is 0 Å². The van der Waals surface area contributed by atoms with E-state index in [1.165, 1.54) is 30.4 Å². The Hall–Kier alpha value is -3.65. The molecule has 3 rings (SSSR count). The van der Waals surface area contributed by atoms with E-state index in [9.17, 15) is 19.5 Å². The number of aliphatic hydroxyl groups is 1. The van der Waals surface area contributed by atoms with Gasteiger partial charge in [-0.2, -0.15) is 0 Å². The summed E-state index contributed by atoms with van der Waals surface area (Å²) >= 11 is 0. The molecule has 0 fully saturated rings. The van der Waals surface area contributed by atoms with Crippen molar-refractivity contribution in [2.45, 2.75) is 6.04 Å². The number of likely N-dealkylation sites (N-methyl/N-ethyl adjacent to an activating group) is 1. The van der Waals surface area contributed by atoms with Crippen LogP contribution < -0.4 is 0 Å². The van der Waals surface area contributed by atoms with Crippen LogP contribution in [-0.4, -0.2) is 66.9 Å². The molecule has 0 saturated heterocycles. The maximum absolute atomic E-state index is 13.0. The third kappa shape index (κ3) is 4.75. The van der Waals surface area contributed by atoms with E-state index in [-0.39, 0.29) is 5.57 Å². The first kappa shape index (κ1) is 22.0. The molecule has 1 amide bonds. The fourth-order valence-electron chi connectivity index (χ4n) is 3.34. The van der Waals surface area contributed by atoms with E-state index in [0.29, 0.717) is 30.0 Å². The maximum Gasteiger partial charge on any atom is 0.337 e. The van der Waals surface area contributed by atoms with Crippen molar-refractivity contribution < 1.29 is 28.6 Å². The van der Waals surface area contributed by atoms with Crippen LogP contribution in [-0.2, 0) is 14.3 Å². The van der Waals surface area contributed by atoms with Crippen molar-refractivity contribution >= 4 is 23.7 Å². The number of hydrogen-bond acceptors (Lipinski definition) is 7. The topological polar surface area (TPSA) is 100 Å². The molecule has 0 aliphatic carbocycles. The lowest BCUT2D eigenvalue weighted by Crippen LogP contribution is -2.36. The number of nitrogens with zero attached hydrogens (tertiary/aromatic N) is 2. The molecule has 1 aliphatic heterocycles. The van der Waals surface area contributed by atoms with Gasteiger partial charge in [0.05, 0.1) is 30.6 Å². The predicted octanol–water partition coefficient (Wildman–Crippen LogP) is 2.61. The molecule has 0 spiro atoms. The summed E-state index contributed by atoms with van der Waals surface area (Å²) in [4.78, 5) is 40.9. The number of amides is 1. The quantitative estimate of drug-likeness (QED) is 0.514. The highest BCUT2D eigenvalue weighted by Gasteiger charge is 2.42. The third-order valence-electron chi connectivity index (χ3n) is 4.95. The van der Waals surface area contributed by atoms with Gasteiger partial charge in [0.15, 0.2) is 11.5 Å². The second-order valence-corrected chi connectivity index (χ2v) is 7.29. The first-order chi connectivity index (χ1) is 14.8. The van der Waals surface area contributed by atoms with E-state index >= 15 is 0 Å². The maximum atomic E-state index is 13.0. The van der Waals surface area contributed by atoms with Gasteiger partial charge in [-0.1, -0.05) is 12.1 Å². The highest BCUT2D eigenvalue weighted by molar-refractivity contribution is 6.14. The van der Waals surface area contributed by atoms with Crippen molar-refractivity contribution in [3.05, 3.63) is 77.0 Å². The minimum absolute atomic E-state index is 0.0163. The van der Waals surface area contributed by atoms with Gasteiger partial charge in [0, 0.05) is 13.1 Å². The number of carbonyl (C=O) groups is 3. The normalized spacial score (nSPS) is 16.6. The molecule has 0 radical (unpaired) electrons. The minimum atomic E-state index is -0.784. The van der Waals surface area contributed by atoms with Crippen molar-refractivity contribution in [1.29, 1.82) is 0 Å². The Bertz CT molecular complexity index is 1020. The third-order valence-corrected chi connectivity index (χ3v) is 4.95. The molecule has 2 heterocycles. The number of furan rings is 1. The fraction of sp³-hybridized carbons (Fsp3) is 0.261. The number of methoxy groups -OCH3 is 1. The number of allylic oxidation sites excluding steroid dienone is 1. The molecular formula is C23H24N2O6. The molecule has 1 aromatic carbocycles. The molecule has 1 aliphatic rings. The lowest BCUT2D eigenvalue weighted by atomic mass is 9.95. The number of benzene rings is 1. The Balaban J connectivity index is 1.98. The monoisotopic (exact) mass is 424 g/mol. The summed E-state index contributed by atoms with van der Waals surface area (Å²) in [7, 11) is 5.02. The van der Waals surface area contributed by atoms with E-state index < -0.39 is 29.5 Å². The highest BCUT2D eigenvalue weighted by atomic mass is 16.5. The van der Waals surface area contributed by atoms with Gasteiger partial charge in [-0.3, -0.25) is 9.59 Å². The number of esters is 1. The van der Waals surface area contributed by atoms with Gasteiger partial charge in [-0.05, 0) is 56.1 Å². The summed E-state index contributed by atoms with van der Waals surface area (Å²) in [5.74, 6) is -1.71. The van der Waals surface area contributed by atoms with Crippen molar-refractivity contribution in [2.24, 2.45) is 0 Å². The van der Waals surface area contributed by atoms with Gasteiger partial charge < -0.3 is 24.1 Å². The predicted molar refractivity (Wildman–Crippen MR) is 113 cm³/mol. The van der Waals surface area contributed by atoms with Gasteiger partial charge in [0.1, 0.15) is 5.76 Å². The Morgan fingerprint density at radius 3 is 2.52 bits per heavy atom. The van der Waals surface area contributed by atoms with Crippen LogP contribution in [0.3, 0.4) is 0 Å². The van der Waals surface area contributed by atoms with Gasteiger partial charge >= 0.3 is 5.97 Å². The van der Waals surface area contributed by atoms with Gasteiger partial charge in [0.2, 0.25) is 0 Å². The van der Waals surface area contributed by atoms with Gasteiger partial charge in [0.25, 0.3) is 5.91 Å². The molecular weight excluding hydrogens is 400 g/mol. The van der Waals surface area contributed by atoms with Crippen molar-refractivity contribution in [3.63, 3.8) is 0 Å². The molecule has 1 unspecified atom stereocenters. The molecule has 1 aromatic heterocycles. The van der Waals surface area contributed by atoms with E-state index in [4.69, 9.17) is 9.15 Å². The Morgan fingerprint density at radius 2 is 1.94 bits per heavy atom. The summed E-state index contributed by atoms with van der Waals surface area (Å²) in [5, 5.41) is 10.6. The number of rotatable bonds is 8. The highest BCUT2D eigenvalue weighted by Crippen LogP contribution is 2.38. The van der Waals surface area contributed by atoms with Crippen molar-refractivity contribution in [2.75, 3.05) is 34.3 Å². The number of aliphatic hydroxyl groups excluding tert-OH is 1. The summed E-state index contributed by atoms with van der Waals surface area (Å²) in [6.45, 7) is 0.845. The number of ketones is 1. The van der Waals surface area contributed by atoms with Crippen LogP contribution in [0.15, 0.2) is 64.5 Å². The Labute approximate surface area is 180 Å². The summed E-state index contributed by atoms with van der Waals surface area (Å²) < 4.78 is 9.91. The van der Waals surface area contributed by atoms with E-state index in [1.54, 1.807) is 36.4 Å². The lowest BCUT2D eigenvalue weighted by Gasteiger charge is -2.27. The number of carbonyl (C=O) groups excluding carboxylic acids is 3. The smallest absolute Gasteiger partial charge is 0.337 e. The Morgan fingerprint density at radius 1 is 1.23 bits per heavy atom.